The van der Waals surface area contributed by atoms with Crippen LogP contribution < -0.4 is 10.3 Å². The Balaban J connectivity index is 1.85. The van der Waals surface area contributed by atoms with Crippen molar-refractivity contribution >= 4 is 34.7 Å². The fourth-order valence-corrected chi connectivity index (χ4v) is 4.74. The number of pyridine rings is 1. The van der Waals surface area contributed by atoms with E-state index in [9.17, 15) is 10.1 Å². The Morgan fingerprint density at radius 1 is 1.17 bits per heavy atom. The Kier molecular flexibility index (Phi) is 4.55. The van der Waals surface area contributed by atoms with Gasteiger partial charge in [0.2, 0.25) is 5.56 Å². The van der Waals surface area contributed by atoms with Crippen LogP contribution in [0.3, 0.4) is 0 Å². The lowest BCUT2D eigenvalue weighted by molar-refractivity contribution is 0.994. The smallest absolute Gasteiger partial charge is 0.249 e. The van der Waals surface area contributed by atoms with Gasteiger partial charge in [0.15, 0.2) is 5.65 Å². The zero-order valence-corrected chi connectivity index (χ0v) is 17.4. The van der Waals surface area contributed by atoms with Crippen molar-refractivity contribution in [2.75, 3.05) is 0 Å². The first-order valence-electron chi connectivity index (χ1n) is 9.19. The number of rotatable bonds is 2. The Hall–Kier alpha value is -3.18. The van der Waals surface area contributed by atoms with E-state index >= 15 is 0 Å². The summed E-state index contributed by atoms with van der Waals surface area (Å²) in [6.45, 7) is 2.59. The number of benzene rings is 2. The van der Waals surface area contributed by atoms with Gasteiger partial charge in [0.25, 0.3) is 0 Å². The molecule has 8 heteroatoms. The van der Waals surface area contributed by atoms with Crippen molar-refractivity contribution in [1.82, 2.24) is 19.7 Å². The summed E-state index contributed by atoms with van der Waals surface area (Å²) in [5.41, 5.74) is 6.04. The SMILES string of the molecule is Cc1c(C#N)cccc1-c1nc2[nH]c(=O)ccc2nc1-c1cc(Cl)c2c(c1)CNS2. The molecule has 0 amide bonds. The number of hydrogen-bond donors (Lipinski definition) is 2. The topological polar surface area (TPSA) is 94.5 Å². The Morgan fingerprint density at radius 3 is 2.87 bits per heavy atom. The molecule has 1 aliphatic rings. The number of nitrogens with zero attached hydrogens (tertiary/aromatic N) is 3. The second-order valence-corrected chi connectivity index (χ2v) is 8.24. The second kappa shape index (κ2) is 7.26. The van der Waals surface area contributed by atoms with Crippen molar-refractivity contribution < 1.29 is 0 Å². The van der Waals surface area contributed by atoms with E-state index in [2.05, 4.69) is 21.8 Å². The monoisotopic (exact) mass is 431 g/mol. The maximum atomic E-state index is 11.8. The number of nitrogens with one attached hydrogen (secondary N) is 2. The van der Waals surface area contributed by atoms with Gasteiger partial charge in [-0.1, -0.05) is 23.7 Å². The molecule has 0 aliphatic carbocycles. The quantitative estimate of drug-likeness (QED) is 0.450. The Bertz CT molecular complexity index is 1440. The molecule has 2 N–H and O–H groups in total. The highest BCUT2D eigenvalue weighted by molar-refractivity contribution is 7.97. The van der Waals surface area contributed by atoms with Crippen LogP contribution >= 0.6 is 23.5 Å². The van der Waals surface area contributed by atoms with Crippen LogP contribution in [0.5, 0.6) is 0 Å². The molecule has 0 unspecified atom stereocenters. The summed E-state index contributed by atoms with van der Waals surface area (Å²) in [6.07, 6.45) is 0. The average Bonchev–Trinajstić information content (AvgIpc) is 3.22. The number of fused-ring (bicyclic) bond motifs is 2. The standard InChI is InChI=1S/C22H14ClN5OS/c1-11-12(9-24)3-2-4-15(11)20-19(26-17-5-6-18(29)27-22(17)28-20)13-7-14-10-25-30-21(14)16(23)8-13/h2-8,25H,10H2,1H3,(H,27,28,29). The first-order valence-corrected chi connectivity index (χ1v) is 10.4. The van der Waals surface area contributed by atoms with E-state index < -0.39 is 0 Å². The molecule has 6 nitrogen and oxygen atoms in total. The van der Waals surface area contributed by atoms with Crippen molar-refractivity contribution in [3.05, 3.63) is 74.5 Å². The lowest BCUT2D eigenvalue weighted by Gasteiger charge is -2.14. The van der Waals surface area contributed by atoms with Gasteiger partial charge in [0.1, 0.15) is 5.52 Å². The summed E-state index contributed by atoms with van der Waals surface area (Å²) in [5.74, 6) is 0. The van der Waals surface area contributed by atoms with Gasteiger partial charge in [-0.25, -0.2) is 9.97 Å². The van der Waals surface area contributed by atoms with E-state index in [-0.39, 0.29) is 5.56 Å². The van der Waals surface area contributed by atoms with E-state index in [1.54, 1.807) is 12.1 Å². The van der Waals surface area contributed by atoms with Gasteiger partial charge in [0.05, 0.1) is 28.0 Å². The Morgan fingerprint density at radius 2 is 2.03 bits per heavy atom. The molecule has 2 aromatic carbocycles. The summed E-state index contributed by atoms with van der Waals surface area (Å²) in [7, 11) is 0. The third-order valence-corrected chi connectivity index (χ3v) is 6.48. The second-order valence-electron chi connectivity index (χ2n) is 6.94. The molecule has 5 rings (SSSR count). The zero-order valence-electron chi connectivity index (χ0n) is 15.8. The number of H-pyrrole nitrogens is 1. The zero-order chi connectivity index (χ0) is 20.8. The lowest BCUT2D eigenvalue weighted by atomic mass is 9.96. The first kappa shape index (κ1) is 18.8. The predicted molar refractivity (Wildman–Crippen MR) is 118 cm³/mol. The molecule has 2 aromatic heterocycles. The summed E-state index contributed by atoms with van der Waals surface area (Å²) in [6, 6.07) is 14.7. The van der Waals surface area contributed by atoms with E-state index in [0.717, 1.165) is 27.1 Å². The number of nitriles is 1. The molecule has 1 aliphatic heterocycles. The third kappa shape index (κ3) is 3.06. The van der Waals surface area contributed by atoms with Crippen molar-refractivity contribution in [1.29, 1.82) is 5.26 Å². The molecule has 4 aromatic rings. The van der Waals surface area contributed by atoms with Crippen molar-refractivity contribution in [2.45, 2.75) is 18.4 Å². The molecule has 3 heterocycles. The minimum absolute atomic E-state index is 0.248. The summed E-state index contributed by atoms with van der Waals surface area (Å²) in [4.78, 5) is 25.2. The van der Waals surface area contributed by atoms with Crippen molar-refractivity contribution in [3.63, 3.8) is 0 Å². The van der Waals surface area contributed by atoms with Gasteiger partial charge in [-0.05, 0) is 54.3 Å². The van der Waals surface area contributed by atoms with Gasteiger partial charge in [-0.3, -0.25) is 9.52 Å². The summed E-state index contributed by atoms with van der Waals surface area (Å²) in [5, 5.41) is 10.1. The Labute approximate surface area is 181 Å². The average molecular weight is 432 g/mol. The third-order valence-electron chi connectivity index (χ3n) is 5.10. The molecule has 0 atom stereocenters. The molecular weight excluding hydrogens is 418 g/mol. The molecule has 0 fully saturated rings. The highest BCUT2D eigenvalue weighted by Gasteiger charge is 2.21. The van der Waals surface area contributed by atoms with E-state index in [1.165, 1.54) is 18.0 Å². The number of aromatic nitrogens is 3. The molecule has 0 saturated heterocycles. The van der Waals surface area contributed by atoms with Crippen LogP contribution in [-0.2, 0) is 6.54 Å². The molecule has 30 heavy (non-hydrogen) atoms. The van der Waals surface area contributed by atoms with Gasteiger partial charge in [-0.15, -0.1) is 0 Å². The molecule has 0 bridgehead atoms. The highest BCUT2D eigenvalue weighted by Crippen LogP contribution is 2.40. The maximum absolute atomic E-state index is 11.8. The fourth-order valence-electron chi connectivity index (χ4n) is 3.59. The summed E-state index contributed by atoms with van der Waals surface area (Å²) >= 11 is 8.06. The minimum atomic E-state index is -0.248. The van der Waals surface area contributed by atoms with E-state index in [0.29, 0.717) is 39.7 Å². The summed E-state index contributed by atoms with van der Waals surface area (Å²) < 4.78 is 3.23. The fraction of sp³-hybridized carbons (Fsp3) is 0.0909. The molecule has 0 radical (unpaired) electrons. The van der Waals surface area contributed by atoms with Crippen LogP contribution in [0.4, 0.5) is 0 Å². The van der Waals surface area contributed by atoms with Crippen LogP contribution in [0.15, 0.2) is 52.2 Å². The normalized spacial score (nSPS) is 12.7. The number of aromatic amines is 1. The first-order chi connectivity index (χ1) is 14.5. The maximum Gasteiger partial charge on any atom is 0.249 e. The van der Waals surface area contributed by atoms with E-state index in [1.807, 2.05) is 25.1 Å². The number of hydrogen-bond acceptors (Lipinski definition) is 6. The van der Waals surface area contributed by atoms with Crippen LogP contribution in [-0.4, -0.2) is 15.0 Å². The van der Waals surface area contributed by atoms with Crippen molar-refractivity contribution in [3.8, 4) is 28.6 Å². The van der Waals surface area contributed by atoms with Crippen LogP contribution in [0.1, 0.15) is 16.7 Å². The largest absolute Gasteiger partial charge is 0.305 e. The molecule has 0 spiro atoms. The van der Waals surface area contributed by atoms with Gasteiger partial charge < -0.3 is 4.98 Å². The van der Waals surface area contributed by atoms with Gasteiger partial charge in [0, 0.05) is 28.6 Å². The van der Waals surface area contributed by atoms with E-state index in [4.69, 9.17) is 21.6 Å². The predicted octanol–water partition coefficient (Wildman–Crippen LogP) is 4.60. The van der Waals surface area contributed by atoms with Crippen LogP contribution in [0, 0.1) is 18.3 Å². The lowest BCUT2D eigenvalue weighted by Crippen LogP contribution is -2.06. The minimum Gasteiger partial charge on any atom is -0.305 e. The molecule has 146 valence electrons. The highest BCUT2D eigenvalue weighted by atomic mass is 35.5. The van der Waals surface area contributed by atoms with Gasteiger partial charge in [-0.2, -0.15) is 5.26 Å². The van der Waals surface area contributed by atoms with Crippen molar-refractivity contribution in [2.24, 2.45) is 0 Å². The molecule has 0 saturated carbocycles. The number of halogens is 1. The van der Waals surface area contributed by atoms with Crippen LogP contribution in [0.2, 0.25) is 5.02 Å². The van der Waals surface area contributed by atoms with Gasteiger partial charge >= 0.3 is 0 Å². The van der Waals surface area contributed by atoms with Crippen LogP contribution in [0.25, 0.3) is 33.7 Å². The molecular formula is C22H14ClN5OS.